The topological polar surface area (TPSA) is 12.0 Å². The van der Waals surface area contributed by atoms with Gasteiger partial charge in [0.1, 0.15) is 0 Å². The zero-order chi connectivity index (χ0) is 11.6. The molecule has 1 aliphatic carbocycles. The summed E-state index contributed by atoms with van der Waals surface area (Å²) in [7, 11) is 0. The summed E-state index contributed by atoms with van der Waals surface area (Å²) in [5.41, 5.74) is 1.44. The van der Waals surface area contributed by atoms with Gasteiger partial charge in [0.25, 0.3) is 0 Å². The molecule has 0 saturated heterocycles. The summed E-state index contributed by atoms with van der Waals surface area (Å²) in [6.07, 6.45) is 5.08. The minimum atomic E-state index is 0.353. The molecule has 1 N–H and O–H groups in total. The van der Waals surface area contributed by atoms with Gasteiger partial charge >= 0.3 is 0 Å². The molecule has 1 aliphatic rings. The minimum absolute atomic E-state index is 0.353. The Morgan fingerprint density at radius 3 is 2.62 bits per heavy atom. The molecule has 0 bridgehead atoms. The highest BCUT2D eigenvalue weighted by atomic mass is 35.5. The molecule has 88 valence electrons. The summed E-state index contributed by atoms with van der Waals surface area (Å²) in [5.74, 6) is 0. The molecule has 0 amide bonds. The van der Waals surface area contributed by atoms with Crippen molar-refractivity contribution < 1.29 is 0 Å². The van der Waals surface area contributed by atoms with Crippen molar-refractivity contribution in [3.05, 3.63) is 33.8 Å². The summed E-state index contributed by atoms with van der Waals surface area (Å²) in [6, 6.07) is 5.81. The fourth-order valence-electron chi connectivity index (χ4n) is 2.23. The number of halogens is 2. The van der Waals surface area contributed by atoms with Crippen LogP contribution in [0.25, 0.3) is 0 Å². The Bertz CT molecular complexity index is 367. The normalized spacial score (nSPS) is 18.2. The monoisotopic (exact) mass is 257 g/mol. The number of hydrogen-bond acceptors (Lipinski definition) is 1. The van der Waals surface area contributed by atoms with Crippen LogP contribution in [0.4, 0.5) is 0 Å². The minimum Gasteiger partial charge on any atom is -0.307 e. The van der Waals surface area contributed by atoms with Crippen molar-refractivity contribution in [1.29, 1.82) is 0 Å². The predicted molar refractivity (Wildman–Crippen MR) is 70.2 cm³/mol. The molecule has 1 nitrogen and oxygen atoms in total. The SMILES string of the molecule is CCC1(NCc2cccc(Cl)c2Cl)CCC1. The van der Waals surface area contributed by atoms with Crippen LogP contribution >= 0.6 is 23.2 Å². The third-order valence-electron chi connectivity index (χ3n) is 3.67. The first-order valence-electron chi connectivity index (χ1n) is 5.85. The molecule has 2 rings (SSSR count). The Labute approximate surface area is 107 Å². The van der Waals surface area contributed by atoms with E-state index in [2.05, 4.69) is 12.2 Å². The van der Waals surface area contributed by atoms with Crippen molar-refractivity contribution in [3.63, 3.8) is 0 Å². The van der Waals surface area contributed by atoms with Gasteiger partial charge in [0.15, 0.2) is 0 Å². The largest absolute Gasteiger partial charge is 0.307 e. The molecule has 0 radical (unpaired) electrons. The maximum Gasteiger partial charge on any atom is 0.0637 e. The Morgan fingerprint density at radius 2 is 2.06 bits per heavy atom. The number of nitrogens with one attached hydrogen (secondary N) is 1. The second-order valence-electron chi connectivity index (χ2n) is 4.55. The van der Waals surface area contributed by atoms with E-state index < -0.39 is 0 Å². The van der Waals surface area contributed by atoms with Gasteiger partial charge in [-0.05, 0) is 37.3 Å². The molecule has 1 fully saturated rings. The van der Waals surface area contributed by atoms with Crippen LogP contribution in [-0.2, 0) is 6.54 Å². The van der Waals surface area contributed by atoms with E-state index in [1.54, 1.807) is 0 Å². The zero-order valence-corrected chi connectivity index (χ0v) is 11.0. The third-order valence-corrected chi connectivity index (χ3v) is 4.53. The van der Waals surface area contributed by atoms with E-state index in [1.165, 1.54) is 25.7 Å². The summed E-state index contributed by atoms with van der Waals surface area (Å²) in [4.78, 5) is 0. The van der Waals surface area contributed by atoms with Crippen molar-refractivity contribution in [2.75, 3.05) is 0 Å². The van der Waals surface area contributed by atoms with Gasteiger partial charge < -0.3 is 5.32 Å². The summed E-state index contributed by atoms with van der Waals surface area (Å²) in [6.45, 7) is 3.05. The lowest BCUT2D eigenvalue weighted by atomic mass is 9.75. The lowest BCUT2D eigenvalue weighted by Crippen LogP contribution is -2.49. The highest BCUT2D eigenvalue weighted by molar-refractivity contribution is 6.42. The maximum atomic E-state index is 6.15. The van der Waals surface area contributed by atoms with Crippen LogP contribution in [0, 0.1) is 0 Å². The molecular weight excluding hydrogens is 241 g/mol. The molecule has 1 aromatic carbocycles. The molecule has 1 aromatic rings. The molecule has 0 aliphatic heterocycles. The molecule has 1 saturated carbocycles. The Kier molecular flexibility index (Phi) is 3.78. The quantitative estimate of drug-likeness (QED) is 0.843. The average Bonchev–Trinajstić information content (AvgIpc) is 2.23. The lowest BCUT2D eigenvalue weighted by Gasteiger charge is -2.42. The van der Waals surface area contributed by atoms with Gasteiger partial charge in [-0.15, -0.1) is 0 Å². The van der Waals surface area contributed by atoms with Crippen LogP contribution in [0.3, 0.4) is 0 Å². The van der Waals surface area contributed by atoms with E-state index in [9.17, 15) is 0 Å². The molecule has 0 heterocycles. The fourth-order valence-corrected chi connectivity index (χ4v) is 2.61. The van der Waals surface area contributed by atoms with Crippen LogP contribution in [-0.4, -0.2) is 5.54 Å². The summed E-state index contributed by atoms with van der Waals surface area (Å²) in [5, 5.41) is 4.95. The van der Waals surface area contributed by atoms with Gasteiger partial charge in [0.05, 0.1) is 10.0 Å². The summed E-state index contributed by atoms with van der Waals surface area (Å²) < 4.78 is 0. The highest BCUT2D eigenvalue weighted by Gasteiger charge is 2.34. The Hall–Kier alpha value is -0.240. The van der Waals surface area contributed by atoms with E-state index in [-0.39, 0.29) is 0 Å². The molecule has 0 atom stereocenters. The zero-order valence-electron chi connectivity index (χ0n) is 9.52. The van der Waals surface area contributed by atoms with E-state index >= 15 is 0 Å². The maximum absolute atomic E-state index is 6.15. The van der Waals surface area contributed by atoms with Crippen LogP contribution < -0.4 is 5.32 Å². The number of benzene rings is 1. The first kappa shape index (κ1) is 12.2. The molecule has 16 heavy (non-hydrogen) atoms. The van der Waals surface area contributed by atoms with E-state index in [0.29, 0.717) is 15.6 Å². The van der Waals surface area contributed by atoms with E-state index in [1.807, 2.05) is 18.2 Å². The molecule has 0 aromatic heterocycles. The summed E-state index contributed by atoms with van der Waals surface area (Å²) >= 11 is 12.1. The Morgan fingerprint density at radius 1 is 1.31 bits per heavy atom. The van der Waals surface area contributed by atoms with E-state index in [4.69, 9.17) is 23.2 Å². The van der Waals surface area contributed by atoms with Crippen LogP contribution in [0.2, 0.25) is 10.0 Å². The van der Waals surface area contributed by atoms with Crippen molar-refractivity contribution >= 4 is 23.2 Å². The van der Waals surface area contributed by atoms with Gasteiger partial charge in [0, 0.05) is 12.1 Å². The molecular formula is C13H17Cl2N. The van der Waals surface area contributed by atoms with Crippen molar-refractivity contribution in [2.45, 2.75) is 44.7 Å². The van der Waals surface area contributed by atoms with Gasteiger partial charge in [-0.25, -0.2) is 0 Å². The molecule has 0 spiro atoms. The number of rotatable bonds is 4. The van der Waals surface area contributed by atoms with Crippen molar-refractivity contribution in [1.82, 2.24) is 5.32 Å². The molecule has 0 unspecified atom stereocenters. The Balaban J connectivity index is 2.02. The predicted octanol–water partition coefficient (Wildman–Crippen LogP) is 4.42. The first-order chi connectivity index (χ1) is 7.67. The van der Waals surface area contributed by atoms with Gasteiger partial charge in [0.2, 0.25) is 0 Å². The second-order valence-corrected chi connectivity index (χ2v) is 5.34. The van der Waals surface area contributed by atoms with Gasteiger partial charge in [-0.2, -0.15) is 0 Å². The fraction of sp³-hybridized carbons (Fsp3) is 0.538. The second kappa shape index (κ2) is 4.95. The van der Waals surface area contributed by atoms with E-state index in [0.717, 1.165) is 12.1 Å². The van der Waals surface area contributed by atoms with Crippen LogP contribution in [0.15, 0.2) is 18.2 Å². The van der Waals surface area contributed by atoms with Gasteiger partial charge in [-0.1, -0.05) is 42.3 Å². The standard InChI is InChI=1S/C13H17Cl2N/c1-2-13(7-4-8-13)16-9-10-5-3-6-11(14)12(10)15/h3,5-6,16H,2,4,7-9H2,1H3. The van der Waals surface area contributed by atoms with Crippen LogP contribution in [0.5, 0.6) is 0 Å². The molecule has 3 heteroatoms. The van der Waals surface area contributed by atoms with Crippen molar-refractivity contribution in [2.24, 2.45) is 0 Å². The lowest BCUT2D eigenvalue weighted by molar-refractivity contribution is 0.175. The highest BCUT2D eigenvalue weighted by Crippen LogP contribution is 2.35. The third kappa shape index (κ3) is 2.37. The number of hydrogen-bond donors (Lipinski definition) is 1. The first-order valence-corrected chi connectivity index (χ1v) is 6.60. The van der Waals surface area contributed by atoms with Crippen LogP contribution in [0.1, 0.15) is 38.2 Å². The van der Waals surface area contributed by atoms with Crippen molar-refractivity contribution in [3.8, 4) is 0 Å². The van der Waals surface area contributed by atoms with Gasteiger partial charge in [-0.3, -0.25) is 0 Å². The average molecular weight is 258 g/mol. The smallest absolute Gasteiger partial charge is 0.0637 e.